The summed E-state index contributed by atoms with van der Waals surface area (Å²) in [4.78, 5) is 0. The first-order valence-corrected chi connectivity index (χ1v) is 3.76. The van der Waals surface area contributed by atoms with E-state index >= 15 is 0 Å². The number of hydrogen-bond acceptors (Lipinski definition) is 1. The molecule has 10 heavy (non-hydrogen) atoms. The van der Waals surface area contributed by atoms with Gasteiger partial charge in [-0.1, -0.05) is 18.2 Å². The van der Waals surface area contributed by atoms with Gasteiger partial charge in [-0.25, -0.2) is 0 Å². The van der Waals surface area contributed by atoms with Crippen molar-refractivity contribution in [2.24, 2.45) is 0 Å². The average molecular weight is 133 g/mol. The molecular weight excluding hydrogens is 122 g/mol. The molecule has 0 amide bonds. The highest BCUT2D eigenvalue weighted by Gasteiger charge is 2.10. The molecule has 0 aromatic carbocycles. The lowest BCUT2D eigenvalue weighted by atomic mass is 10.1. The highest BCUT2D eigenvalue weighted by Crippen LogP contribution is 2.20. The minimum Gasteiger partial charge on any atom is -0.385 e. The highest BCUT2D eigenvalue weighted by atomic mass is 14.9. The second-order valence-electron chi connectivity index (χ2n) is 2.69. The Hall–Kier alpha value is -0.980. The van der Waals surface area contributed by atoms with Crippen molar-refractivity contribution in [3.05, 3.63) is 35.6 Å². The molecule has 1 aliphatic carbocycles. The van der Waals surface area contributed by atoms with Crippen LogP contribution < -0.4 is 5.32 Å². The molecule has 1 N–H and O–H groups in total. The molecule has 52 valence electrons. The van der Waals surface area contributed by atoms with Crippen molar-refractivity contribution in [1.82, 2.24) is 5.32 Å². The lowest BCUT2D eigenvalue weighted by Crippen LogP contribution is -2.04. The lowest BCUT2D eigenvalue weighted by molar-refractivity contribution is 0.881. The van der Waals surface area contributed by atoms with Gasteiger partial charge < -0.3 is 5.32 Å². The van der Waals surface area contributed by atoms with Gasteiger partial charge in [0.05, 0.1) is 0 Å². The summed E-state index contributed by atoms with van der Waals surface area (Å²) in [7, 11) is 0. The molecule has 2 aliphatic rings. The Labute approximate surface area is 61.1 Å². The third kappa shape index (κ3) is 0.878. The predicted octanol–water partition coefficient (Wildman–Crippen LogP) is 1.75. The first kappa shape index (κ1) is 5.78. The van der Waals surface area contributed by atoms with Crippen molar-refractivity contribution in [3.8, 4) is 0 Å². The number of hydrogen-bond donors (Lipinski definition) is 1. The maximum absolute atomic E-state index is 3.35. The summed E-state index contributed by atoms with van der Waals surface area (Å²) in [6, 6.07) is 0. The molecule has 0 bridgehead atoms. The van der Waals surface area contributed by atoms with Crippen LogP contribution in [0.3, 0.4) is 0 Å². The SMILES string of the molecule is C1=CCC2=C(C=C1)NCC2. The predicted molar refractivity (Wildman–Crippen MR) is 42.5 cm³/mol. The second kappa shape index (κ2) is 2.33. The third-order valence-electron chi connectivity index (χ3n) is 2.00. The van der Waals surface area contributed by atoms with E-state index < -0.39 is 0 Å². The van der Waals surface area contributed by atoms with Crippen LogP contribution in [0.1, 0.15) is 12.8 Å². The fourth-order valence-electron chi connectivity index (χ4n) is 1.44. The van der Waals surface area contributed by atoms with Gasteiger partial charge in [-0.2, -0.15) is 0 Å². The van der Waals surface area contributed by atoms with E-state index in [2.05, 4.69) is 29.6 Å². The third-order valence-corrected chi connectivity index (χ3v) is 2.00. The quantitative estimate of drug-likeness (QED) is 0.531. The fraction of sp³-hybridized carbons (Fsp3) is 0.333. The minimum absolute atomic E-state index is 1.13. The van der Waals surface area contributed by atoms with Crippen LogP contribution in [0.4, 0.5) is 0 Å². The summed E-state index contributed by atoms with van der Waals surface area (Å²) in [5, 5.41) is 3.35. The minimum atomic E-state index is 1.13. The molecule has 0 unspecified atom stereocenters. The first-order chi connectivity index (χ1) is 4.97. The maximum atomic E-state index is 3.35. The molecule has 0 aromatic heterocycles. The molecular formula is C9H11N. The average Bonchev–Trinajstić information content (AvgIpc) is 2.28. The van der Waals surface area contributed by atoms with Crippen LogP contribution in [-0.2, 0) is 0 Å². The Bertz CT molecular complexity index is 221. The van der Waals surface area contributed by atoms with Crippen LogP contribution in [-0.4, -0.2) is 6.54 Å². The molecule has 0 aromatic rings. The Morgan fingerprint density at radius 3 is 3.30 bits per heavy atom. The van der Waals surface area contributed by atoms with Gasteiger partial charge in [0.15, 0.2) is 0 Å². The van der Waals surface area contributed by atoms with Gasteiger partial charge in [-0.3, -0.25) is 0 Å². The summed E-state index contributed by atoms with van der Waals surface area (Å²) in [5.41, 5.74) is 2.91. The molecule has 0 radical (unpaired) electrons. The molecule has 1 heterocycles. The van der Waals surface area contributed by atoms with Crippen LogP contribution in [0.25, 0.3) is 0 Å². The van der Waals surface area contributed by atoms with Gasteiger partial charge in [-0.15, -0.1) is 0 Å². The van der Waals surface area contributed by atoms with Crippen molar-refractivity contribution >= 4 is 0 Å². The number of rotatable bonds is 0. The van der Waals surface area contributed by atoms with Crippen LogP contribution in [0.15, 0.2) is 35.6 Å². The Morgan fingerprint density at radius 2 is 2.30 bits per heavy atom. The fourth-order valence-corrected chi connectivity index (χ4v) is 1.44. The zero-order chi connectivity index (χ0) is 6.81. The van der Waals surface area contributed by atoms with Crippen LogP contribution >= 0.6 is 0 Å². The molecule has 0 fully saturated rings. The van der Waals surface area contributed by atoms with Gasteiger partial charge in [0, 0.05) is 12.2 Å². The summed E-state index contributed by atoms with van der Waals surface area (Å²) in [6.45, 7) is 1.13. The smallest absolute Gasteiger partial charge is 0.0335 e. The molecule has 1 heteroatoms. The molecule has 2 rings (SSSR count). The lowest BCUT2D eigenvalue weighted by Gasteiger charge is -1.96. The Balaban J connectivity index is 2.30. The Morgan fingerprint density at radius 1 is 1.30 bits per heavy atom. The topological polar surface area (TPSA) is 12.0 Å². The zero-order valence-electron chi connectivity index (χ0n) is 5.93. The van der Waals surface area contributed by atoms with Crippen LogP contribution in [0.5, 0.6) is 0 Å². The van der Waals surface area contributed by atoms with E-state index in [4.69, 9.17) is 0 Å². The van der Waals surface area contributed by atoms with Crippen LogP contribution in [0, 0.1) is 0 Å². The molecule has 1 aliphatic heterocycles. The van der Waals surface area contributed by atoms with Gasteiger partial charge in [0.25, 0.3) is 0 Å². The molecule has 0 saturated heterocycles. The number of allylic oxidation sites excluding steroid dienone is 4. The van der Waals surface area contributed by atoms with Crippen molar-refractivity contribution < 1.29 is 0 Å². The normalized spacial score (nSPS) is 22.4. The van der Waals surface area contributed by atoms with Crippen molar-refractivity contribution in [3.63, 3.8) is 0 Å². The van der Waals surface area contributed by atoms with E-state index in [0.717, 1.165) is 13.0 Å². The second-order valence-corrected chi connectivity index (χ2v) is 2.69. The van der Waals surface area contributed by atoms with Crippen LogP contribution in [0.2, 0.25) is 0 Å². The summed E-state index contributed by atoms with van der Waals surface area (Å²) >= 11 is 0. The largest absolute Gasteiger partial charge is 0.385 e. The summed E-state index contributed by atoms with van der Waals surface area (Å²) in [6.07, 6.45) is 10.9. The van der Waals surface area contributed by atoms with E-state index in [1.165, 1.54) is 12.1 Å². The monoisotopic (exact) mass is 133 g/mol. The molecule has 0 saturated carbocycles. The van der Waals surface area contributed by atoms with Crippen molar-refractivity contribution in [2.75, 3.05) is 6.54 Å². The highest BCUT2D eigenvalue weighted by molar-refractivity contribution is 5.34. The molecule has 0 atom stereocenters. The standard InChI is InChI=1S/C9H11N/c1-2-4-8-6-7-10-9(8)5-3-1/h1-3,5,10H,4,6-7H2. The zero-order valence-corrected chi connectivity index (χ0v) is 5.93. The maximum Gasteiger partial charge on any atom is 0.0335 e. The summed E-state index contributed by atoms with van der Waals surface area (Å²) < 4.78 is 0. The van der Waals surface area contributed by atoms with E-state index in [1.54, 1.807) is 5.57 Å². The van der Waals surface area contributed by atoms with Gasteiger partial charge in [-0.05, 0) is 24.5 Å². The number of nitrogens with one attached hydrogen (secondary N) is 1. The molecule has 1 nitrogen and oxygen atoms in total. The first-order valence-electron chi connectivity index (χ1n) is 3.76. The van der Waals surface area contributed by atoms with E-state index in [1.807, 2.05) is 0 Å². The van der Waals surface area contributed by atoms with Gasteiger partial charge in [0.2, 0.25) is 0 Å². The van der Waals surface area contributed by atoms with E-state index in [-0.39, 0.29) is 0 Å². The van der Waals surface area contributed by atoms with Gasteiger partial charge in [0.1, 0.15) is 0 Å². The van der Waals surface area contributed by atoms with E-state index in [9.17, 15) is 0 Å². The van der Waals surface area contributed by atoms with E-state index in [0.29, 0.717) is 0 Å². The summed E-state index contributed by atoms with van der Waals surface area (Å²) in [5.74, 6) is 0. The van der Waals surface area contributed by atoms with Crippen molar-refractivity contribution in [2.45, 2.75) is 12.8 Å². The van der Waals surface area contributed by atoms with Crippen molar-refractivity contribution in [1.29, 1.82) is 0 Å². The van der Waals surface area contributed by atoms with Gasteiger partial charge >= 0.3 is 0 Å². The Kier molecular flexibility index (Phi) is 1.35. The molecule has 0 spiro atoms.